The summed E-state index contributed by atoms with van der Waals surface area (Å²) < 4.78 is 19.3. The van der Waals surface area contributed by atoms with E-state index in [1.54, 1.807) is 24.3 Å². The van der Waals surface area contributed by atoms with Crippen molar-refractivity contribution < 1.29 is 13.9 Å². The highest BCUT2D eigenvalue weighted by atomic mass is 127. The minimum atomic E-state index is -0.359. The molecule has 3 nitrogen and oxygen atoms in total. The van der Waals surface area contributed by atoms with Crippen molar-refractivity contribution in [1.29, 1.82) is 0 Å². The van der Waals surface area contributed by atoms with Gasteiger partial charge in [-0.25, -0.2) is 9.37 Å². The number of rotatable bonds is 4. The smallest absolute Gasteiger partial charge is 0.317 e. The van der Waals surface area contributed by atoms with Gasteiger partial charge in [-0.15, -0.1) is 11.3 Å². The van der Waals surface area contributed by atoms with Crippen molar-refractivity contribution in [1.82, 2.24) is 4.98 Å². The van der Waals surface area contributed by atoms with Crippen molar-refractivity contribution in [2.45, 2.75) is 6.42 Å². The van der Waals surface area contributed by atoms with Crippen LogP contribution >= 0.6 is 33.9 Å². The number of halogens is 2. The molecule has 0 amide bonds. The largest absolute Gasteiger partial charge is 0.426 e. The van der Waals surface area contributed by atoms with Gasteiger partial charge in [-0.05, 0) is 71.1 Å². The van der Waals surface area contributed by atoms with Crippen LogP contribution in [-0.4, -0.2) is 11.0 Å². The van der Waals surface area contributed by atoms with E-state index in [0.717, 1.165) is 14.1 Å². The van der Waals surface area contributed by atoms with E-state index < -0.39 is 0 Å². The summed E-state index contributed by atoms with van der Waals surface area (Å²) in [5, 5.41) is 2.57. The molecule has 0 saturated carbocycles. The highest BCUT2D eigenvalue weighted by Crippen LogP contribution is 2.24. The Morgan fingerprint density at radius 2 is 1.83 bits per heavy atom. The Morgan fingerprint density at radius 3 is 2.52 bits per heavy atom. The molecule has 6 heteroatoms. The number of hydrogen-bond acceptors (Lipinski definition) is 4. The summed E-state index contributed by atoms with van der Waals surface area (Å²) in [5.74, 6) is -0.127. The summed E-state index contributed by atoms with van der Waals surface area (Å²) in [6, 6.07) is 13.4. The van der Waals surface area contributed by atoms with E-state index in [-0.39, 0.29) is 18.2 Å². The first-order valence-corrected chi connectivity index (χ1v) is 8.72. The summed E-state index contributed by atoms with van der Waals surface area (Å²) in [6.45, 7) is 0. The van der Waals surface area contributed by atoms with Crippen LogP contribution in [0.2, 0.25) is 0 Å². The number of carbonyl (C=O) groups excluding carboxylic acids is 1. The molecule has 0 N–H and O–H groups in total. The van der Waals surface area contributed by atoms with E-state index in [1.807, 2.05) is 17.5 Å². The van der Waals surface area contributed by atoms with Gasteiger partial charge in [0.25, 0.3) is 0 Å². The Morgan fingerprint density at radius 1 is 1.13 bits per heavy atom. The van der Waals surface area contributed by atoms with Crippen LogP contribution in [-0.2, 0) is 11.2 Å². The van der Waals surface area contributed by atoms with Crippen molar-refractivity contribution in [2.24, 2.45) is 0 Å². The molecular formula is C17H11FINO2S. The van der Waals surface area contributed by atoms with Crippen LogP contribution < -0.4 is 4.74 Å². The van der Waals surface area contributed by atoms with Gasteiger partial charge >= 0.3 is 5.97 Å². The fourth-order valence-corrected chi connectivity index (χ4v) is 3.12. The lowest BCUT2D eigenvalue weighted by molar-refractivity contribution is -0.133. The number of carbonyl (C=O) groups is 1. The normalized spacial score (nSPS) is 10.5. The molecular weight excluding hydrogens is 428 g/mol. The minimum Gasteiger partial charge on any atom is -0.426 e. The first kappa shape index (κ1) is 16.1. The molecule has 0 bridgehead atoms. The molecule has 3 aromatic rings. The Hall–Kier alpha value is -1.80. The van der Waals surface area contributed by atoms with Gasteiger partial charge in [0.15, 0.2) is 0 Å². The molecule has 0 aliphatic carbocycles. The van der Waals surface area contributed by atoms with Crippen molar-refractivity contribution in [3.8, 4) is 16.3 Å². The summed E-state index contributed by atoms with van der Waals surface area (Å²) in [6.07, 6.45) is 0.101. The van der Waals surface area contributed by atoms with Gasteiger partial charge in [-0.2, -0.15) is 0 Å². The van der Waals surface area contributed by atoms with Gasteiger partial charge in [0.05, 0.1) is 12.1 Å². The van der Waals surface area contributed by atoms with Crippen LogP contribution in [0.5, 0.6) is 5.75 Å². The third-order valence-electron chi connectivity index (χ3n) is 3.01. The van der Waals surface area contributed by atoms with Crippen molar-refractivity contribution in [3.63, 3.8) is 0 Å². The Kier molecular flexibility index (Phi) is 5.02. The van der Waals surface area contributed by atoms with Crippen LogP contribution in [0.3, 0.4) is 0 Å². The predicted octanol–water partition coefficient (Wildman–Crippen LogP) is 4.70. The van der Waals surface area contributed by atoms with Gasteiger partial charge in [-0.1, -0.05) is 0 Å². The second-order valence-electron chi connectivity index (χ2n) is 4.76. The number of ether oxygens (including phenoxy) is 1. The summed E-state index contributed by atoms with van der Waals surface area (Å²) in [4.78, 5) is 16.3. The van der Waals surface area contributed by atoms with E-state index in [0.29, 0.717) is 11.4 Å². The van der Waals surface area contributed by atoms with Gasteiger partial charge in [0, 0.05) is 14.5 Å². The predicted molar refractivity (Wildman–Crippen MR) is 96.0 cm³/mol. The van der Waals surface area contributed by atoms with Gasteiger partial charge in [0.1, 0.15) is 16.6 Å². The average molecular weight is 439 g/mol. The maximum Gasteiger partial charge on any atom is 0.317 e. The molecule has 0 aliphatic rings. The standard InChI is InChI=1S/C17H11FINO2S/c18-12-3-1-11(2-4-12)17-20-14(10-23-17)9-16(21)22-15-7-5-13(19)6-8-15/h1-8,10H,9H2. The molecule has 1 aromatic heterocycles. The molecule has 23 heavy (non-hydrogen) atoms. The molecule has 1 heterocycles. The lowest BCUT2D eigenvalue weighted by atomic mass is 10.2. The number of thiazole rings is 1. The molecule has 2 aromatic carbocycles. The monoisotopic (exact) mass is 439 g/mol. The van der Waals surface area contributed by atoms with E-state index in [9.17, 15) is 9.18 Å². The molecule has 3 rings (SSSR count). The summed E-state index contributed by atoms with van der Waals surface area (Å²) in [7, 11) is 0. The number of esters is 1. The van der Waals surface area contributed by atoms with Crippen LogP contribution in [0.15, 0.2) is 53.9 Å². The maximum atomic E-state index is 12.9. The van der Waals surface area contributed by atoms with E-state index in [1.165, 1.54) is 23.5 Å². The van der Waals surface area contributed by atoms with Crippen LogP contribution in [0.1, 0.15) is 5.69 Å². The van der Waals surface area contributed by atoms with Crippen molar-refractivity contribution in [3.05, 3.63) is 69.0 Å². The molecule has 0 unspecified atom stereocenters. The average Bonchev–Trinajstić information content (AvgIpc) is 2.98. The second kappa shape index (κ2) is 7.18. The third kappa shape index (κ3) is 4.35. The highest BCUT2D eigenvalue weighted by molar-refractivity contribution is 14.1. The van der Waals surface area contributed by atoms with Crippen LogP contribution in [0, 0.1) is 9.39 Å². The van der Waals surface area contributed by atoms with Crippen molar-refractivity contribution >= 4 is 39.9 Å². The van der Waals surface area contributed by atoms with E-state index in [4.69, 9.17) is 4.74 Å². The maximum absolute atomic E-state index is 12.9. The van der Waals surface area contributed by atoms with Crippen LogP contribution in [0.4, 0.5) is 4.39 Å². The fraction of sp³-hybridized carbons (Fsp3) is 0.0588. The molecule has 0 aliphatic heterocycles. The summed E-state index contributed by atoms with van der Waals surface area (Å²) in [5.41, 5.74) is 1.47. The van der Waals surface area contributed by atoms with Gasteiger partial charge in [0.2, 0.25) is 0 Å². The molecule has 0 spiro atoms. The van der Waals surface area contributed by atoms with Gasteiger partial charge in [-0.3, -0.25) is 4.79 Å². The van der Waals surface area contributed by atoms with Crippen LogP contribution in [0.25, 0.3) is 10.6 Å². The minimum absolute atomic E-state index is 0.101. The third-order valence-corrected chi connectivity index (χ3v) is 4.67. The Bertz CT molecular complexity index is 815. The second-order valence-corrected chi connectivity index (χ2v) is 6.86. The zero-order chi connectivity index (χ0) is 16.2. The molecule has 0 atom stereocenters. The van der Waals surface area contributed by atoms with Crippen molar-refractivity contribution in [2.75, 3.05) is 0 Å². The Labute approximate surface area is 150 Å². The number of benzene rings is 2. The van der Waals surface area contributed by atoms with Gasteiger partial charge < -0.3 is 4.74 Å². The molecule has 0 saturated heterocycles. The number of hydrogen-bond donors (Lipinski definition) is 0. The first-order chi connectivity index (χ1) is 11.1. The topological polar surface area (TPSA) is 39.2 Å². The SMILES string of the molecule is O=C(Cc1csc(-c2ccc(F)cc2)n1)Oc1ccc(I)cc1. The number of aromatic nitrogens is 1. The molecule has 116 valence electrons. The molecule has 0 radical (unpaired) electrons. The lowest BCUT2D eigenvalue weighted by Gasteiger charge is -2.03. The number of nitrogens with zero attached hydrogens (tertiary/aromatic N) is 1. The van der Waals surface area contributed by atoms with E-state index in [2.05, 4.69) is 27.6 Å². The summed E-state index contributed by atoms with van der Waals surface area (Å²) >= 11 is 3.60. The zero-order valence-electron chi connectivity index (χ0n) is 11.8. The first-order valence-electron chi connectivity index (χ1n) is 6.77. The quantitative estimate of drug-likeness (QED) is 0.336. The highest BCUT2D eigenvalue weighted by Gasteiger charge is 2.11. The lowest BCUT2D eigenvalue weighted by Crippen LogP contribution is -2.11. The Balaban J connectivity index is 1.65. The van der Waals surface area contributed by atoms with E-state index >= 15 is 0 Å². The molecule has 0 fully saturated rings. The fourth-order valence-electron chi connectivity index (χ4n) is 1.93. The zero-order valence-corrected chi connectivity index (χ0v) is 14.8.